The van der Waals surface area contributed by atoms with E-state index in [0.29, 0.717) is 0 Å². The molecule has 0 saturated heterocycles. The molecule has 0 bridgehead atoms. The van der Waals surface area contributed by atoms with Crippen molar-refractivity contribution >= 4 is 10.9 Å². The second kappa shape index (κ2) is 2.88. The Morgan fingerprint density at radius 2 is 2.07 bits per heavy atom. The molecule has 0 aliphatic heterocycles. The van der Waals surface area contributed by atoms with Crippen LogP contribution in [-0.4, -0.2) is 4.57 Å². The fraction of sp³-hybridized carbons (Fsp3) is 0.385. The molecule has 0 spiro atoms. The van der Waals surface area contributed by atoms with Crippen molar-refractivity contribution in [3.8, 4) is 0 Å². The van der Waals surface area contributed by atoms with Crippen LogP contribution in [0, 0.1) is 12.8 Å². The number of aromatic nitrogens is 1. The van der Waals surface area contributed by atoms with Crippen molar-refractivity contribution in [3.63, 3.8) is 0 Å². The van der Waals surface area contributed by atoms with Crippen LogP contribution in [0.5, 0.6) is 0 Å². The van der Waals surface area contributed by atoms with Gasteiger partial charge >= 0.3 is 0 Å². The van der Waals surface area contributed by atoms with Gasteiger partial charge in [-0.05, 0) is 43.2 Å². The van der Waals surface area contributed by atoms with Gasteiger partial charge in [-0.1, -0.05) is 18.2 Å². The van der Waals surface area contributed by atoms with Crippen molar-refractivity contribution in [2.75, 3.05) is 0 Å². The summed E-state index contributed by atoms with van der Waals surface area (Å²) in [5.74, 6) is 0.949. The summed E-state index contributed by atoms with van der Waals surface area (Å²) in [5, 5.41) is 1.38. The van der Waals surface area contributed by atoms with E-state index in [0.717, 1.165) is 5.92 Å². The largest absolute Gasteiger partial charge is 0.345 e. The molecular weight excluding hydrogens is 170 g/mol. The smallest absolute Gasteiger partial charge is 0.0482 e. The van der Waals surface area contributed by atoms with E-state index in [-0.39, 0.29) is 0 Å². The Kier molecular flexibility index (Phi) is 1.66. The first-order chi connectivity index (χ1) is 6.84. The first kappa shape index (κ1) is 8.10. The second-order valence-corrected chi connectivity index (χ2v) is 4.40. The molecule has 1 nitrogen and oxygen atoms in total. The zero-order chi connectivity index (χ0) is 9.54. The predicted octanol–water partition coefficient (Wildman–Crippen LogP) is 3.36. The van der Waals surface area contributed by atoms with E-state index in [2.05, 4.69) is 41.8 Å². The van der Waals surface area contributed by atoms with Crippen LogP contribution in [0.3, 0.4) is 0 Å². The molecule has 0 unspecified atom stereocenters. The van der Waals surface area contributed by atoms with Crippen LogP contribution in [0.2, 0.25) is 0 Å². The number of hydrogen-bond donors (Lipinski definition) is 0. The third-order valence-electron chi connectivity index (χ3n) is 3.16. The summed E-state index contributed by atoms with van der Waals surface area (Å²) in [6, 6.07) is 11.0. The molecule has 1 fully saturated rings. The monoisotopic (exact) mass is 185 g/mol. The normalized spacial score (nSPS) is 16.4. The number of hydrogen-bond acceptors (Lipinski definition) is 0. The lowest BCUT2D eigenvalue weighted by molar-refractivity contribution is 0.633. The van der Waals surface area contributed by atoms with Crippen LogP contribution in [0.4, 0.5) is 0 Å². The van der Waals surface area contributed by atoms with Gasteiger partial charge in [-0.2, -0.15) is 0 Å². The van der Waals surface area contributed by atoms with Crippen molar-refractivity contribution in [3.05, 3.63) is 36.0 Å². The molecule has 1 aromatic carbocycles. The zero-order valence-corrected chi connectivity index (χ0v) is 8.53. The quantitative estimate of drug-likeness (QED) is 0.676. The van der Waals surface area contributed by atoms with Crippen LogP contribution in [0.15, 0.2) is 30.3 Å². The van der Waals surface area contributed by atoms with Crippen LogP contribution in [0.25, 0.3) is 10.9 Å². The van der Waals surface area contributed by atoms with Gasteiger partial charge < -0.3 is 4.57 Å². The fourth-order valence-corrected chi connectivity index (χ4v) is 2.15. The molecule has 72 valence electrons. The van der Waals surface area contributed by atoms with Crippen molar-refractivity contribution in [2.45, 2.75) is 26.3 Å². The van der Waals surface area contributed by atoms with Gasteiger partial charge in [0.1, 0.15) is 0 Å². The lowest BCUT2D eigenvalue weighted by Gasteiger charge is -2.06. The molecule has 1 saturated carbocycles. The Bertz CT molecular complexity index is 463. The van der Waals surface area contributed by atoms with E-state index < -0.39 is 0 Å². The minimum absolute atomic E-state index is 0.949. The van der Waals surface area contributed by atoms with E-state index in [1.165, 1.54) is 36.0 Å². The highest BCUT2D eigenvalue weighted by Gasteiger charge is 2.22. The van der Waals surface area contributed by atoms with Gasteiger partial charge in [0.2, 0.25) is 0 Å². The number of nitrogens with zero attached hydrogens (tertiary/aromatic N) is 1. The first-order valence-corrected chi connectivity index (χ1v) is 5.39. The molecule has 0 radical (unpaired) electrons. The van der Waals surface area contributed by atoms with Gasteiger partial charge in [-0.15, -0.1) is 0 Å². The minimum atomic E-state index is 0.949. The second-order valence-electron chi connectivity index (χ2n) is 4.40. The van der Waals surface area contributed by atoms with Crippen molar-refractivity contribution in [1.82, 2.24) is 4.57 Å². The molecule has 14 heavy (non-hydrogen) atoms. The lowest BCUT2D eigenvalue weighted by Crippen LogP contribution is -2.00. The SMILES string of the molecule is Cc1cc2ccccc2n1CC1CC1. The molecule has 1 aliphatic carbocycles. The molecule has 1 aliphatic rings. The number of rotatable bonds is 2. The maximum absolute atomic E-state index is 2.47. The molecule has 2 aromatic rings. The van der Waals surface area contributed by atoms with Gasteiger partial charge in [-0.25, -0.2) is 0 Å². The van der Waals surface area contributed by atoms with Crippen LogP contribution in [-0.2, 0) is 6.54 Å². The van der Waals surface area contributed by atoms with E-state index in [1.807, 2.05) is 0 Å². The Morgan fingerprint density at radius 1 is 1.29 bits per heavy atom. The summed E-state index contributed by atoms with van der Waals surface area (Å²) in [6.07, 6.45) is 2.85. The Balaban J connectivity index is 2.13. The Labute approximate surface area is 84.4 Å². The Hall–Kier alpha value is -1.24. The maximum atomic E-state index is 2.47. The number of fused-ring (bicyclic) bond motifs is 1. The maximum Gasteiger partial charge on any atom is 0.0482 e. The third kappa shape index (κ3) is 1.24. The van der Waals surface area contributed by atoms with E-state index in [1.54, 1.807) is 0 Å². The lowest BCUT2D eigenvalue weighted by atomic mass is 10.2. The summed E-state index contributed by atoms with van der Waals surface area (Å²) in [5.41, 5.74) is 2.80. The summed E-state index contributed by atoms with van der Waals surface area (Å²) >= 11 is 0. The molecule has 0 atom stereocenters. The van der Waals surface area contributed by atoms with Gasteiger partial charge in [0, 0.05) is 17.8 Å². The molecule has 0 amide bonds. The first-order valence-electron chi connectivity index (χ1n) is 5.39. The Morgan fingerprint density at radius 3 is 2.86 bits per heavy atom. The molecular formula is C13H15N. The van der Waals surface area contributed by atoms with Gasteiger partial charge in [-0.3, -0.25) is 0 Å². The summed E-state index contributed by atoms with van der Waals surface area (Å²) in [7, 11) is 0. The van der Waals surface area contributed by atoms with Gasteiger partial charge in [0.15, 0.2) is 0 Å². The average Bonchev–Trinajstić information content (AvgIpc) is 2.93. The van der Waals surface area contributed by atoms with E-state index >= 15 is 0 Å². The summed E-state index contributed by atoms with van der Waals surface area (Å²) in [4.78, 5) is 0. The molecule has 1 aromatic heterocycles. The predicted molar refractivity (Wildman–Crippen MR) is 59.4 cm³/mol. The summed E-state index contributed by atoms with van der Waals surface area (Å²) in [6.45, 7) is 3.43. The van der Waals surface area contributed by atoms with Gasteiger partial charge in [0.05, 0.1) is 0 Å². The van der Waals surface area contributed by atoms with Crippen molar-refractivity contribution < 1.29 is 0 Å². The molecule has 1 heterocycles. The zero-order valence-electron chi connectivity index (χ0n) is 8.53. The van der Waals surface area contributed by atoms with Crippen molar-refractivity contribution in [2.24, 2.45) is 5.92 Å². The van der Waals surface area contributed by atoms with Gasteiger partial charge in [0.25, 0.3) is 0 Å². The number of para-hydroxylation sites is 1. The number of benzene rings is 1. The summed E-state index contributed by atoms with van der Waals surface area (Å²) < 4.78 is 2.47. The topological polar surface area (TPSA) is 4.93 Å². The molecule has 0 N–H and O–H groups in total. The van der Waals surface area contributed by atoms with E-state index in [9.17, 15) is 0 Å². The molecule has 3 rings (SSSR count). The highest BCUT2D eigenvalue weighted by molar-refractivity contribution is 5.81. The fourth-order valence-electron chi connectivity index (χ4n) is 2.15. The van der Waals surface area contributed by atoms with E-state index in [4.69, 9.17) is 0 Å². The van der Waals surface area contributed by atoms with Crippen LogP contribution < -0.4 is 0 Å². The minimum Gasteiger partial charge on any atom is -0.345 e. The number of aryl methyl sites for hydroxylation is 1. The highest BCUT2D eigenvalue weighted by atomic mass is 15.0. The molecule has 1 heteroatoms. The van der Waals surface area contributed by atoms with Crippen molar-refractivity contribution in [1.29, 1.82) is 0 Å². The standard InChI is InChI=1S/C13H15N/c1-10-8-12-4-2-3-5-13(12)14(10)9-11-6-7-11/h2-5,8,11H,6-7,9H2,1H3. The van der Waals surface area contributed by atoms with Crippen LogP contribution >= 0.6 is 0 Å². The highest BCUT2D eigenvalue weighted by Crippen LogP contribution is 2.32. The third-order valence-corrected chi connectivity index (χ3v) is 3.16. The average molecular weight is 185 g/mol. The van der Waals surface area contributed by atoms with Crippen LogP contribution in [0.1, 0.15) is 18.5 Å².